The first-order valence-electron chi connectivity index (χ1n) is 11.9. The molecule has 0 aliphatic heterocycles. The summed E-state index contributed by atoms with van der Waals surface area (Å²) in [5.74, 6) is -0.250. The monoisotopic (exact) mass is 554 g/mol. The fourth-order valence-electron chi connectivity index (χ4n) is 3.42. The van der Waals surface area contributed by atoms with E-state index in [0.717, 1.165) is 12.1 Å². The summed E-state index contributed by atoms with van der Waals surface area (Å²) in [5, 5.41) is 26.1. The van der Waals surface area contributed by atoms with Crippen molar-refractivity contribution in [3.63, 3.8) is 0 Å². The van der Waals surface area contributed by atoms with E-state index in [-0.39, 0.29) is 24.2 Å². The predicted octanol–water partition coefficient (Wildman–Crippen LogP) is 2.22. The van der Waals surface area contributed by atoms with E-state index in [1.807, 2.05) is 0 Å². The van der Waals surface area contributed by atoms with Gasteiger partial charge in [0.15, 0.2) is 17.5 Å². The van der Waals surface area contributed by atoms with Gasteiger partial charge < -0.3 is 21.1 Å². The number of amides is 3. The van der Waals surface area contributed by atoms with E-state index < -0.39 is 47.3 Å². The van der Waals surface area contributed by atoms with Gasteiger partial charge in [0.05, 0.1) is 12.6 Å². The Morgan fingerprint density at radius 1 is 0.900 bits per heavy atom. The smallest absolute Gasteiger partial charge is 0.268 e. The number of nitrogens with one attached hydrogen (secondary N) is 4. The number of carbonyl (C=O) groups excluding carboxylic acids is 3. The zero-order valence-corrected chi connectivity index (χ0v) is 21.1. The molecule has 0 saturated carbocycles. The summed E-state index contributed by atoms with van der Waals surface area (Å²) in [6.45, 7) is 1.11. The van der Waals surface area contributed by atoms with Gasteiger partial charge in [-0.05, 0) is 73.2 Å². The minimum absolute atomic E-state index is 0.0367. The van der Waals surface area contributed by atoms with Crippen molar-refractivity contribution in [2.75, 3.05) is 11.9 Å². The van der Waals surface area contributed by atoms with Gasteiger partial charge in [0.2, 0.25) is 5.91 Å². The maximum absolute atomic E-state index is 13.3. The van der Waals surface area contributed by atoms with Crippen molar-refractivity contribution in [1.29, 1.82) is 0 Å². The summed E-state index contributed by atoms with van der Waals surface area (Å²) in [4.78, 5) is 36.0. The molecule has 2 unspecified atom stereocenters. The first-order chi connectivity index (χ1) is 19.1. The second kappa shape index (κ2) is 13.9. The van der Waals surface area contributed by atoms with Gasteiger partial charge in [-0.2, -0.15) is 0 Å². The minimum Gasteiger partial charge on any atom is -0.391 e. The second-order valence-corrected chi connectivity index (χ2v) is 8.60. The van der Waals surface area contributed by atoms with Gasteiger partial charge in [-0.15, -0.1) is 0 Å². The van der Waals surface area contributed by atoms with Crippen molar-refractivity contribution in [3.8, 4) is 11.8 Å². The van der Waals surface area contributed by atoms with Crippen LogP contribution >= 0.6 is 0 Å². The van der Waals surface area contributed by atoms with Crippen molar-refractivity contribution in [3.05, 3.63) is 100 Å². The number of halogens is 3. The number of hydroxylamine groups is 1. The molecule has 0 fully saturated rings. The topological polar surface area (TPSA) is 140 Å². The van der Waals surface area contributed by atoms with Crippen LogP contribution in [0.3, 0.4) is 0 Å². The van der Waals surface area contributed by atoms with Crippen molar-refractivity contribution in [2.24, 2.45) is 0 Å². The molecule has 3 aromatic rings. The van der Waals surface area contributed by atoms with Crippen LogP contribution in [-0.4, -0.2) is 46.7 Å². The molecule has 12 heteroatoms. The Labute approximate surface area is 227 Å². The predicted molar refractivity (Wildman–Crippen MR) is 138 cm³/mol. The number of aliphatic hydroxyl groups excluding tert-OH is 1. The van der Waals surface area contributed by atoms with Crippen LogP contribution in [0.1, 0.15) is 34.0 Å². The second-order valence-electron chi connectivity index (χ2n) is 8.60. The molecule has 2 atom stereocenters. The van der Waals surface area contributed by atoms with Crippen molar-refractivity contribution in [1.82, 2.24) is 16.1 Å². The molecular formula is C28H25F3N4O5. The average Bonchev–Trinajstić information content (AvgIpc) is 2.93. The molecule has 3 rings (SSSR count). The number of aliphatic hydroxyl groups is 1. The normalized spacial score (nSPS) is 11.9. The number of hydrogen-bond acceptors (Lipinski definition) is 6. The lowest BCUT2D eigenvalue weighted by Crippen LogP contribution is -2.51. The fraction of sp³-hybridized carbons (Fsp3) is 0.179. The van der Waals surface area contributed by atoms with Crippen LogP contribution in [0, 0.1) is 29.3 Å². The lowest BCUT2D eigenvalue weighted by molar-refractivity contribution is -0.133. The SMILES string of the molecule is CC(O)C(NC(=O)c1ccc(C#Cc2ccc(NC(=O)CNCc3cc(F)c(F)c(F)c3)cc2)cc1)C(=O)NO. The van der Waals surface area contributed by atoms with Crippen LogP contribution in [0.4, 0.5) is 18.9 Å². The summed E-state index contributed by atoms with van der Waals surface area (Å²) < 4.78 is 39.5. The lowest BCUT2D eigenvalue weighted by atomic mass is 10.1. The van der Waals surface area contributed by atoms with E-state index in [1.54, 1.807) is 36.4 Å². The summed E-state index contributed by atoms with van der Waals surface area (Å²) in [6, 6.07) is 13.2. The largest absolute Gasteiger partial charge is 0.391 e. The third-order valence-corrected chi connectivity index (χ3v) is 5.49. The molecule has 0 spiro atoms. The molecule has 9 nitrogen and oxygen atoms in total. The summed E-state index contributed by atoms with van der Waals surface area (Å²) in [7, 11) is 0. The molecule has 3 aromatic carbocycles. The van der Waals surface area contributed by atoms with Crippen molar-refractivity contribution < 1.29 is 37.9 Å². The van der Waals surface area contributed by atoms with Crippen LogP contribution in [0.25, 0.3) is 0 Å². The highest BCUT2D eigenvalue weighted by atomic mass is 19.2. The highest BCUT2D eigenvalue weighted by Gasteiger charge is 2.25. The molecular weight excluding hydrogens is 529 g/mol. The Balaban J connectivity index is 1.50. The molecule has 0 aliphatic rings. The van der Waals surface area contributed by atoms with Crippen LogP contribution < -0.4 is 21.4 Å². The number of hydrogen-bond donors (Lipinski definition) is 6. The molecule has 3 amide bonds. The zero-order chi connectivity index (χ0) is 29.2. The molecule has 208 valence electrons. The Hall–Kier alpha value is -4.70. The van der Waals surface area contributed by atoms with E-state index in [4.69, 9.17) is 5.21 Å². The first kappa shape index (κ1) is 29.9. The summed E-state index contributed by atoms with van der Waals surface area (Å²) in [6.07, 6.45) is -1.23. The molecule has 0 heterocycles. The molecule has 0 radical (unpaired) electrons. The Bertz CT molecular complexity index is 1410. The summed E-state index contributed by atoms with van der Waals surface area (Å²) in [5.41, 5.74) is 3.50. The highest BCUT2D eigenvalue weighted by molar-refractivity contribution is 5.97. The van der Waals surface area contributed by atoms with Gasteiger partial charge in [-0.1, -0.05) is 11.8 Å². The van der Waals surface area contributed by atoms with Gasteiger partial charge in [0.25, 0.3) is 11.8 Å². The maximum Gasteiger partial charge on any atom is 0.268 e. The number of rotatable bonds is 9. The third kappa shape index (κ3) is 8.40. The van der Waals surface area contributed by atoms with E-state index in [2.05, 4.69) is 27.8 Å². The molecule has 0 aromatic heterocycles. The quantitative estimate of drug-likeness (QED) is 0.104. The molecule has 40 heavy (non-hydrogen) atoms. The molecule has 0 aliphatic carbocycles. The van der Waals surface area contributed by atoms with E-state index in [1.165, 1.54) is 24.5 Å². The highest BCUT2D eigenvalue weighted by Crippen LogP contribution is 2.14. The van der Waals surface area contributed by atoms with Gasteiger partial charge in [-0.3, -0.25) is 19.6 Å². The molecule has 0 saturated heterocycles. The Kier molecular flexibility index (Phi) is 10.4. The fourth-order valence-corrected chi connectivity index (χ4v) is 3.42. The van der Waals surface area contributed by atoms with Crippen LogP contribution in [0.15, 0.2) is 60.7 Å². The average molecular weight is 555 g/mol. The first-order valence-corrected chi connectivity index (χ1v) is 11.9. The van der Waals surface area contributed by atoms with Crippen LogP contribution in [0.5, 0.6) is 0 Å². The lowest BCUT2D eigenvalue weighted by Gasteiger charge is -2.19. The Morgan fingerprint density at radius 2 is 1.45 bits per heavy atom. The molecule has 0 bridgehead atoms. The van der Waals surface area contributed by atoms with Gasteiger partial charge in [-0.25, -0.2) is 18.7 Å². The van der Waals surface area contributed by atoms with Crippen LogP contribution in [0.2, 0.25) is 0 Å². The third-order valence-electron chi connectivity index (χ3n) is 5.49. The van der Waals surface area contributed by atoms with Crippen LogP contribution in [-0.2, 0) is 16.1 Å². The van der Waals surface area contributed by atoms with Crippen molar-refractivity contribution in [2.45, 2.75) is 25.6 Å². The van der Waals surface area contributed by atoms with Gasteiger partial charge in [0.1, 0.15) is 6.04 Å². The van der Waals surface area contributed by atoms with Gasteiger partial charge >= 0.3 is 0 Å². The van der Waals surface area contributed by atoms with E-state index in [9.17, 15) is 32.7 Å². The number of carbonyl (C=O) groups is 3. The number of benzene rings is 3. The van der Waals surface area contributed by atoms with Gasteiger partial charge in [0, 0.05) is 28.9 Å². The number of anilines is 1. The zero-order valence-electron chi connectivity index (χ0n) is 21.1. The van der Waals surface area contributed by atoms with E-state index >= 15 is 0 Å². The summed E-state index contributed by atoms with van der Waals surface area (Å²) >= 11 is 0. The van der Waals surface area contributed by atoms with Crippen molar-refractivity contribution >= 4 is 23.4 Å². The Morgan fingerprint density at radius 3 is 1.98 bits per heavy atom. The van der Waals surface area contributed by atoms with E-state index in [0.29, 0.717) is 16.8 Å². The standard InChI is InChI=1S/C28H25F3N4O5/c1-16(36)26(28(39)35-40)34-27(38)20-8-4-17(5-9-20)2-3-18-6-10-21(11-7-18)33-24(37)15-32-14-19-12-22(29)25(31)23(30)13-19/h4-13,16,26,32,36,40H,14-15H2,1H3,(H,33,37)(H,34,38)(H,35,39). The molecule has 6 N–H and O–H groups in total. The maximum atomic E-state index is 13.3. The minimum atomic E-state index is -1.55.